The Balaban J connectivity index is 2.21. The highest BCUT2D eigenvalue weighted by Gasteiger charge is 2.22. The molecule has 94 valence electrons. The lowest BCUT2D eigenvalue weighted by atomic mass is 10.0. The minimum atomic E-state index is 0.324. The Labute approximate surface area is 111 Å². The molecule has 0 radical (unpaired) electrons. The van der Waals surface area contributed by atoms with Crippen LogP contribution >= 0.6 is 15.9 Å². The largest absolute Gasteiger partial charge is 0.508 e. The van der Waals surface area contributed by atoms with Crippen molar-refractivity contribution in [2.45, 2.75) is 19.4 Å². The monoisotopic (exact) mass is 298 g/mol. The van der Waals surface area contributed by atoms with Gasteiger partial charge in [-0.05, 0) is 18.6 Å². The van der Waals surface area contributed by atoms with Gasteiger partial charge in [-0.15, -0.1) is 0 Å². The van der Waals surface area contributed by atoms with Gasteiger partial charge in [0.2, 0.25) is 0 Å². The van der Waals surface area contributed by atoms with Crippen LogP contribution in [0.3, 0.4) is 0 Å². The highest BCUT2D eigenvalue weighted by molar-refractivity contribution is 9.10. The van der Waals surface area contributed by atoms with Crippen molar-refractivity contribution >= 4 is 15.9 Å². The molecule has 2 N–H and O–H groups in total. The van der Waals surface area contributed by atoms with Crippen LogP contribution in [0.1, 0.15) is 24.9 Å². The van der Waals surface area contributed by atoms with E-state index in [4.69, 9.17) is 0 Å². The van der Waals surface area contributed by atoms with Crippen LogP contribution in [0.25, 0.3) is 0 Å². The Bertz CT molecular complexity index is 378. The van der Waals surface area contributed by atoms with Crippen LogP contribution in [0.5, 0.6) is 5.75 Å². The number of phenols is 1. The van der Waals surface area contributed by atoms with Crippen molar-refractivity contribution in [2.24, 2.45) is 0 Å². The van der Waals surface area contributed by atoms with E-state index in [2.05, 4.69) is 33.1 Å². The van der Waals surface area contributed by atoms with Gasteiger partial charge in [0.25, 0.3) is 0 Å². The molecule has 1 fully saturated rings. The Kier molecular flexibility index (Phi) is 4.42. The molecule has 0 bridgehead atoms. The highest BCUT2D eigenvalue weighted by atomic mass is 79.9. The van der Waals surface area contributed by atoms with Gasteiger partial charge in [-0.2, -0.15) is 0 Å². The van der Waals surface area contributed by atoms with Gasteiger partial charge in [0.1, 0.15) is 5.75 Å². The van der Waals surface area contributed by atoms with Crippen LogP contribution in [0, 0.1) is 0 Å². The van der Waals surface area contributed by atoms with Crippen LogP contribution in [0.4, 0.5) is 0 Å². The molecule has 1 heterocycles. The van der Waals surface area contributed by atoms with Gasteiger partial charge in [0.15, 0.2) is 0 Å². The second-order valence-corrected chi connectivity index (χ2v) is 5.33. The summed E-state index contributed by atoms with van der Waals surface area (Å²) in [6.07, 6.45) is 1.02. The zero-order valence-corrected chi connectivity index (χ0v) is 11.7. The molecule has 1 atom stereocenters. The maximum Gasteiger partial charge on any atom is 0.121 e. The predicted molar refractivity (Wildman–Crippen MR) is 73.3 cm³/mol. The molecule has 1 aromatic rings. The van der Waals surface area contributed by atoms with Crippen molar-refractivity contribution in [3.05, 3.63) is 28.2 Å². The summed E-state index contributed by atoms with van der Waals surface area (Å²) in [5, 5.41) is 13.4. The third kappa shape index (κ3) is 3.00. The van der Waals surface area contributed by atoms with Crippen LogP contribution in [-0.4, -0.2) is 36.2 Å². The third-order valence-electron chi connectivity index (χ3n) is 3.33. The smallest absolute Gasteiger partial charge is 0.121 e. The first-order valence-electron chi connectivity index (χ1n) is 6.15. The molecule has 17 heavy (non-hydrogen) atoms. The van der Waals surface area contributed by atoms with E-state index in [9.17, 15) is 5.11 Å². The van der Waals surface area contributed by atoms with Crippen molar-refractivity contribution in [2.75, 3.05) is 26.2 Å². The number of hydrogen-bond acceptors (Lipinski definition) is 3. The first-order valence-corrected chi connectivity index (χ1v) is 6.95. The van der Waals surface area contributed by atoms with Gasteiger partial charge in [-0.1, -0.05) is 28.9 Å². The molecule has 1 aliphatic rings. The Morgan fingerprint density at radius 2 is 2.12 bits per heavy atom. The predicted octanol–water partition coefficient (Wildman–Crippen LogP) is 2.51. The van der Waals surface area contributed by atoms with Crippen molar-refractivity contribution in [3.8, 4) is 5.75 Å². The zero-order valence-electron chi connectivity index (χ0n) is 10.1. The highest BCUT2D eigenvalue weighted by Crippen LogP contribution is 2.33. The van der Waals surface area contributed by atoms with Crippen LogP contribution in [0.2, 0.25) is 0 Å². The standard InChI is InChI=1S/C13H19BrN2O/c1-2-12(16-7-5-15-6-8-16)11-4-3-10(14)9-13(11)17/h3-4,9,12,15,17H,2,5-8H2,1H3/t12-/m0/s1. The lowest BCUT2D eigenvalue weighted by Crippen LogP contribution is -2.45. The van der Waals surface area contributed by atoms with Crippen molar-refractivity contribution in [1.29, 1.82) is 0 Å². The molecule has 4 heteroatoms. The van der Waals surface area contributed by atoms with E-state index in [1.165, 1.54) is 0 Å². The summed E-state index contributed by atoms with van der Waals surface area (Å²) in [6, 6.07) is 6.13. The summed E-state index contributed by atoms with van der Waals surface area (Å²) >= 11 is 3.38. The molecular formula is C13H19BrN2O. The van der Waals surface area contributed by atoms with E-state index in [0.29, 0.717) is 11.8 Å². The topological polar surface area (TPSA) is 35.5 Å². The van der Waals surface area contributed by atoms with Gasteiger partial charge in [-0.3, -0.25) is 4.90 Å². The SMILES string of the molecule is CC[C@@H](c1ccc(Br)cc1O)N1CCNCC1. The maximum atomic E-state index is 10.1. The Hall–Kier alpha value is -0.580. The third-order valence-corrected chi connectivity index (χ3v) is 3.82. The molecular weight excluding hydrogens is 280 g/mol. The van der Waals surface area contributed by atoms with E-state index in [-0.39, 0.29) is 0 Å². The summed E-state index contributed by atoms with van der Waals surface area (Å²) in [5.41, 5.74) is 1.04. The number of aromatic hydroxyl groups is 1. The number of nitrogens with zero attached hydrogens (tertiary/aromatic N) is 1. The fourth-order valence-corrected chi connectivity index (χ4v) is 2.82. The summed E-state index contributed by atoms with van der Waals surface area (Å²) in [5.74, 6) is 0.393. The number of rotatable bonds is 3. The zero-order chi connectivity index (χ0) is 12.3. The summed E-state index contributed by atoms with van der Waals surface area (Å²) < 4.78 is 0.925. The van der Waals surface area contributed by atoms with Crippen molar-refractivity contribution < 1.29 is 5.11 Å². The molecule has 0 amide bonds. The second-order valence-electron chi connectivity index (χ2n) is 4.41. The van der Waals surface area contributed by atoms with Crippen LogP contribution in [0.15, 0.2) is 22.7 Å². The van der Waals surface area contributed by atoms with E-state index in [0.717, 1.165) is 42.6 Å². The minimum absolute atomic E-state index is 0.324. The van der Waals surface area contributed by atoms with Gasteiger partial charge >= 0.3 is 0 Å². The fourth-order valence-electron chi connectivity index (χ4n) is 2.47. The maximum absolute atomic E-state index is 10.1. The molecule has 0 spiro atoms. The Morgan fingerprint density at radius 1 is 1.41 bits per heavy atom. The first-order chi connectivity index (χ1) is 8.22. The molecule has 0 aliphatic carbocycles. The first kappa shape index (κ1) is 12.9. The lowest BCUT2D eigenvalue weighted by molar-refractivity contribution is 0.167. The van der Waals surface area contributed by atoms with Gasteiger partial charge in [0.05, 0.1) is 0 Å². The molecule has 3 nitrogen and oxygen atoms in total. The van der Waals surface area contributed by atoms with Crippen molar-refractivity contribution in [1.82, 2.24) is 10.2 Å². The van der Waals surface area contributed by atoms with E-state index < -0.39 is 0 Å². The van der Waals surface area contributed by atoms with Gasteiger partial charge in [-0.25, -0.2) is 0 Å². The number of nitrogens with one attached hydrogen (secondary N) is 1. The lowest BCUT2D eigenvalue weighted by Gasteiger charge is -2.35. The van der Waals surface area contributed by atoms with E-state index >= 15 is 0 Å². The van der Waals surface area contributed by atoms with Gasteiger partial charge < -0.3 is 10.4 Å². The fraction of sp³-hybridized carbons (Fsp3) is 0.538. The minimum Gasteiger partial charge on any atom is -0.508 e. The average molecular weight is 299 g/mol. The molecule has 0 unspecified atom stereocenters. The number of halogens is 1. The van der Waals surface area contributed by atoms with E-state index in [1.807, 2.05) is 12.1 Å². The van der Waals surface area contributed by atoms with E-state index in [1.54, 1.807) is 6.07 Å². The number of benzene rings is 1. The van der Waals surface area contributed by atoms with Gasteiger partial charge in [0, 0.05) is 42.3 Å². The molecule has 1 aliphatic heterocycles. The Morgan fingerprint density at radius 3 is 2.71 bits per heavy atom. The molecule has 0 aromatic heterocycles. The summed E-state index contributed by atoms with van der Waals surface area (Å²) in [6.45, 7) is 6.35. The van der Waals surface area contributed by atoms with Crippen LogP contribution < -0.4 is 5.32 Å². The second kappa shape index (κ2) is 5.85. The molecule has 0 saturated carbocycles. The summed E-state index contributed by atoms with van der Waals surface area (Å²) in [4.78, 5) is 2.44. The quantitative estimate of drug-likeness (QED) is 0.900. The number of phenolic OH excluding ortho intramolecular Hbond substituents is 1. The molecule has 1 saturated heterocycles. The average Bonchev–Trinajstić information content (AvgIpc) is 2.34. The normalized spacial score (nSPS) is 19.2. The summed E-state index contributed by atoms with van der Waals surface area (Å²) in [7, 11) is 0. The number of hydrogen-bond donors (Lipinski definition) is 2. The molecule has 1 aromatic carbocycles. The van der Waals surface area contributed by atoms with Crippen molar-refractivity contribution in [3.63, 3.8) is 0 Å². The van der Waals surface area contributed by atoms with Crippen LogP contribution in [-0.2, 0) is 0 Å². The molecule has 2 rings (SSSR count). The number of piperazine rings is 1.